The van der Waals surface area contributed by atoms with Crippen molar-refractivity contribution in [3.63, 3.8) is 0 Å². The Morgan fingerprint density at radius 1 is 1.12 bits per heavy atom. The van der Waals surface area contributed by atoms with Gasteiger partial charge in [-0.2, -0.15) is 0 Å². The highest BCUT2D eigenvalue weighted by Gasteiger charge is 2.27. The van der Waals surface area contributed by atoms with Gasteiger partial charge in [-0.05, 0) is 30.2 Å². The van der Waals surface area contributed by atoms with Gasteiger partial charge < -0.3 is 10.2 Å². The average Bonchev–Trinajstić information content (AvgIpc) is 3.05. The molecule has 1 N–H and O–H groups in total. The molecule has 0 spiro atoms. The predicted molar refractivity (Wildman–Crippen MR) is 93.9 cm³/mol. The molecule has 5 nitrogen and oxygen atoms in total. The zero-order valence-electron chi connectivity index (χ0n) is 13.5. The molecule has 1 heterocycles. The molecular weight excluding hydrogens is 324 g/mol. The predicted octanol–water partition coefficient (Wildman–Crippen LogP) is 3.11. The lowest BCUT2D eigenvalue weighted by molar-refractivity contribution is 0.222. The number of sulfone groups is 1. The van der Waals surface area contributed by atoms with Crippen LogP contribution in [0.25, 0.3) is 0 Å². The van der Waals surface area contributed by atoms with Gasteiger partial charge in [0.05, 0.1) is 4.90 Å². The van der Waals surface area contributed by atoms with E-state index in [2.05, 4.69) is 17.4 Å². The van der Waals surface area contributed by atoms with Gasteiger partial charge in [0.2, 0.25) is 0 Å². The Hall–Kier alpha value is -2.34. The lowest BCUT2D eigenvalue weighted by atomic mass is 9.99. The van der Waals surface area contributed by atoms with E-state index in [1.54, 1.807) is 17.0 Å². The third-order valence-corrected chi connectivity index (χ3v) is 5.37. The van der Waals surface area contributed by atoms with Gasteiger partial charge in [0.15, 0.2) is 9.84 Å². The first kappa shape index (κ1) is 16.5. The van der Waals surface area contributed by atoms with Crippen LogP contribution < -0.4 is 5.32 Å². The number of carbonyl (C=O) groups is 1. The van der Waals surface area contributed by atoms with Crippen LogP contribution in [0.5, 0.6) is 0 Å². The van der Waals surface area contributed by atoms with E-state index in [-0.39, 0.29) is 10.9 Å². The fourth-order valence-electron chi connectivity index (χ4n) is 2.95. The third-order valence-electron chi connectivity index (χ3n) is 4.26. The van der Waals surface area contributed by atoms with Crippen molar-refractivity contribution in [3.05, 3.63) is 60.2 Å². The van der Waals surface area contributed by atoms with Gasteiger partial charge >= 0.3 is 6.03 Å². The van der Waals surface area contributed by atoms with Gasteiger partial charge in [0.25, 0.3) is 0 Å². The quantitative estimate of drug-likeness (QED) is 0.930. The summed E-state index contributed by atoms with van der Waals surface area (Å²) in [7, 11) is -3.29. The molecule has 1 saturated heterocycles. The van der Waals surface area contributed by atoms with Crippen LogP contribution >= 0.6 is 0 Å². The second-order valence-electron chi connectivity index (χ2n) is 6.07. The first-order chi connectivity index (χ1) is 11.4. The number of nitrogens with one attached hydrogen (secondary N) is 1. The maximum absolute atomic E-state index is 12.4. The van der Waals surface area contributed by atoms with Crippen molar-refractivity contribution < 1.29 is 13.2 Å². The van der Waals surface area contributed by atoms with E-state index in [9.17, 15) is 13.2 Å². The molecule has 6 heteroatoms. The van der Waals surface area contributed by atoms with E-state index >= 15 is 0 Å². The largest absolute Gasteiger partial charge is 0.324 e. The topological polar surface area (TPSA) is 66.5 Å². The maximum Gasteiger partial charge on any atom is 0.321 e. The van der Waals surface area contributed by atoms with Gasteiger partial charge in [-0.3, -0.25) is 0 Å². The molecule has 1 aliphatic heterocycles. The smallest absolute Gasteiger partial charge is 0.321 e. The lowest BCUT2D eigenvalue weighted by Gasteiger charge is -2.18. The molecule has 1 unspecified atom stereocenters. The number of carbonyl (C=O) groups excluding carboxylic acids is 1. The molecule has 0 radical (unpaired) electrons. The summed E-state index contributed by atoms with van der Waals surface area (Å²) in [4.78, 5) is 14.4. The Labute approximate surface area is 142 Å². The van der Waals surface area contributed by atoms with Crippen molar-refractivity contribution in [2.24, 2.45) is 0 Å². The van der Waals surface area contributed by atoms with E-state index in [1.807, 2.05) is 18.2 Å². The van der Waals surface area contributed by atoms with E-state index in [1.165, 1.54) is 17.7 Å². The molecule has 2 aromatic carbocycles. The molecule has 2 amide bonds. The molecule has 0 bridgehead atoms. The van der Waals surface area contributed by atoms with Crippen molar-refractivity contribution in [3.8, 4) is 0 Å². The minimum absolute atomic E-state index is 0.195. The van der Waals surface area contributed by atoms with Crippen molar-refractivity contribution >= 4 is 21.6 Å². The summed E-state index contributed by atoms with van der Waals surface area (Å²) >= 11 is 0. The number of nitrogens with zero attached hydrogens (tertiary/aromatic N) is 1. The fraction of sp³-hybridized carbons (Fsp3) is 0.278. The Balaban J connectivity index is 1.66. The van der Waals surface area contributed by atoms with Crippen LogP contribution in [0.2, 0.25) is 0 Å². The molecule has 0 saturated carbocycles. The van der Waals surface area contributed by atoms with Crippen LogP contribution in [0.1, 0.15) is 17.9 Å². The minimum atomic E-state index is -3.29. The summed E-state index contributed by atoms with van der Waals surface area (Å²) in [5.41, 5.74) is 1.73. The molecule has 126 valence electrons. The third kappa shape index (κ3) is 3.76. The molecular formula is C18H20N2O3S. The summed E-state index contributed by atoms with van der Waals surface area (Å²) in [6.45, 7) is 1.36. The number of benzene rings is 2. The van der Waals surface area contributed by atoms with Crippen LogP contribution in [0, 0.1) is 0 Å². The second-order valence-corrected chi connectivity index (χ2v) is 8.09. The summed E-state index contributed by atoms with van der Waals surface area (Å²) in [6, 6.07) is 16.3. The summed E-state index contributed by atoms with van der Waals surface area (Å²) in [5.74, 6) is 0.347. The Kier molecular flexibility index (Phi) is 4.57. The van der Waals surface area contributed by atoms with Gasteiger partial charge in [-0.25, -0.2) is 13.2 Å². The number of likely N-dealkylation sites (tertiary alicyclic amines) is 1. The first-order valence-corrected chi connectivity index (χ1v) is 9.73. The molecule has 1 atom stereocenters. The van der Waals surface area contributed by atoms with Gasteiger partial charge in [-0.1, -0.05) is 36.4 Å². The zero-order chi connectivity index (χ0) is 17.2. The van der Waals surface area contributed by atoms with Crippen LogP contribution in [-0.2, 0) is 9.84 Å². The summed E-state index contributed by atoms with van der Waals surface area (Å²) < 4.78 is 23.2. The van der Waals surface area contributed by atoms with Crippen LogP contribution in [0.15, 0.2) is 59.5 Å². The molecule has 3 rings (SSSR count). The Morgan fingerprint density at radius 3 is 2.58 bits per heavy atom. The Bertz CT molecular complexity index is 834. The molecule has 1 fully saturated rings. The van der Waals surface area contributed by atoms with Gasteiger partial charge in [0.1, 0.15) is 0 Å². The minimum Gasteiger partial charge on any atom is -0.324 e. The molecule has 0 aromatic heterocycles. The zero-order valence-corrected chi connectivity index (χ0v) is 14.3. The van der Waals surface area contributed by atoms with Crippen LogP contribution in [0.4, 0.5) is 10.5 Å². The number of urea groups is 1. The number of rotatable bonds is 3. The van der Waals surface area contributed by atoms with Crippen LogP contribution in [-0.4, -0.2) is 38.7 Å². The van der Waals surface area contributed by atoms with E-state index in [0.29, 0.717) is 24.7 Å². The highest BCUT2D eigenvalue weighted by molar-refractivity contribution is 7.90. The van der Waals surface area contributed by atoms with Crippen molar-refractivity contribution in [2.75, 3.05) is 24.7 Å². The molecule has 24 heavy (non-hydrogen) atoms. The SMILES string of the molecule is CS(=O)(=O)c1cccc(NC(=O)N2CCC(c3ccccc3)C2)c1. The molecule has 1 aliphatic rings. The molecule has 0 aliphatic carbocycles. The van der Waals surface area contributed by atoms with Crippen molar-refractivity contribution in [1.29, 1.82) is 0 Å². The van der Waals surface area contributed by atoms with Gasteiger partial charge in [-0.15, -0.1) is 0 Å². The number of hydrogen-bond donors (Lipinski definition) is 1. The normalized spacial score (nSPS) is 17.7. The first-order valence-electron chi connectivity index (χ1n) is 7.84. The van der Waals surface area contributed by atoms with Gasteiger partial charge in [0, 0.05) is 31.0 Å². The van der Waals surface area contributed by atoms with E-state index in [0.717, 1.165) is 12.7 Å². The summed E-state index contributed by atoms with van der Waals surface area (Å²) in [5, 5.41) is 2.79. The molecule has 2 aromatic rings. The van der Waals surface area contributed by atoms with Crippen molar-refractivity contribution in [2.45, 2.75) is 17.2 Å². The standard InChI is InChI=1S/C18H20N2O3S/c1-24(22,23)17-9-5-8-16(12-17)19-18(21)20-11-10-15(13-20)14-6-3-2-4-7-14/h2-9,12,15H,10-11,13H2,1H3,(H,19,21). The number of anilines is 1. The lowest BCUT2D eigenvalue weighted by Crippen LogP contribution is -2.32. The maximum atomic E-state index is 12.4. The van der Waals surface area contributed by atoms with E-state index < -0.39 is 9.84 Å². The monoisotopic (exact) mass is 344 g/mol. The fourth-order valence-corrected chi connectivity index (χ4v) is 3.62. The Morgan fingerprint density at radius 2 is 1.88 bits per heavy atom. The second kappa shape index (κ2) is 6.65. The van der Waals surface area contributed by atoms with E-state index in [4.69, 9.17) is 0 Å². The van der Waals surface area contributed by atoms with Crippen molar-refractivity contribution in [1.82, 2.24) is 4.90 Å². The highest BCUT2D eigenvalue weighted by Crippen LogP contribution is 2.27. The number of amides is 2. The highest BCUT2D eigenvalue weighted by atomic mass is 32.2. The number of hydrogen-bond acceptors (Lipinski definition) is 3. The van der Waals surface area contributed by atoms with Crippen LogP contribution in [0.3, 0.4) is 0 Å². The summed E-state index contributed by atoms with van der Waals surface area (Å²) in [6.07, 6.45) is 2.08. The average molecular weight is 344 g/mol.